The lowest BCUT2D eigenvalue weighted by molar-refractivity contribution is -0.186. The fourth-order valence-corrected chi connectivity index (χ4v) is 3.91. The third-order valence-corrected chi connectivity index (χ3v) is 4.80. The molecular weight excluding hydrogens is 363 g/mol. The zero-order chi connectivity index (χ0) is 20.3. The van der Waals surface area contributed by atoms with Gasteiger partial charge in [-0.3, -0.25) is 9.48 Å². The molecule has 1 unspecified atom stereocenters. The Morgan fingerprint density at radius 3 is 2.41 bits per heavy atom. The Balaban J connectivity index is 1.99. The van der Waals surface area contributed by atoms with Crippen molar-refractivity contribution < 1.29 is 27.4 Å². The van der Waals surface area contributed by atoms with Gasteiger partial charge in [-0.15, -0.1) is 0 Å². The second-order valence-electron chi connectivity index (χ2n) is 9.00. The molecule has 0 aromatic carbocycles. The summed E-state index contributed by atoms with van der Waals surface area (Å²) in [5.41, 5.74) is -3.70. The van der Waals surface area contributed by atoms with Crippen LogP contribution in [0.5, 0.6) is 0 Å². The van der Waals surface area contributed by atoms with E-state index in [1.54, 1.807) is 20.8 Å². The van der Waals surface area contributed by atoms with Crippen LogP contribution in [-0.2, 0) is 21.2 Å². The van der Waals surface area contributed by atoms with E-state index < -0.39 is 40.1 Å². The molecule has 2 saturated heterocycles. The summed E-state index contributed by atoms with van der Waals surface area (Å²) < 4.78 is 53.8. The zero-order valence-corrected chi connectivity index (χ0v) is 16.3. The first-order chi connectivity index (χ1) is 12.2. The lowest BCUT2D eigenvalue weighted by Gasteiger charge is -2.48. The van der Waals surface area contributed by atoms with Crippen molar-refractivity contribution in [1.29, 1.82) is 0 Å². The van der Waals surface area contributed by atoms with Crippen LogP contribution < -0.4 is 0 Å². The van der Waals surface area contributed by atoms with Crippen LogP contribution in [-0.4, -0.2) is 58.1 Å². The number of morpholine rings is 1. The lowest BCUT2D eigenvalue weighted by atomic mass is 9.94. The van der Waals surface area contributed by atoms with Gasteiger partial charge >= 0.3 is 6.18 Å². The first kappa shape index (κ1) is 20.1. The first-order valence-electron chi connectivity index (χ1n) is 8.97. The van der Waals surface area contributed by atoms with Gasteiger partial charge in [0.15, 0.2) is 5.69 Å². The van der Waals surface area contributed by atoms with Crippen LogP contribution in [0.4, 0.5) is 13.2 Å². The highest BCUT2D eigenvalue weighted by molar-refractivity contribution is 5.95. The molecule has 1 aromatic rings. The average Bonchev–Trinajstić information content (AvgIpc) is 3.10. The van der Waals surface area contributed by atoms with Crippen molar-refractivity contribution in [1.82, 2.24) is 14.7 Å². The van der Waals surface area contributed by atoms with Crippen molar-refractivity contribution in [3.8, 4) is 0 Å². The van der Waals surface area contributed by atoms with Gasteiger partial charge in [0.1, 0.15) is 5.60 Å². The number of alkyl halides is 3. The van der Waals surface area contributed by atoms with Crippen LogP contribution in [0.1, 0.15) is 57.1 Å². The van der Waals surface area contributed by atoms with Crippen LogP contribution in [0.2, 0.25) is 0 Å². The molecule has 3 rings (SSSR count). The highest BCUT2D eigenvalue weighted by Crippen LogP contribution is 2.38. The third kappa shape index (κ3) is 3.85. The van der Waals surface area contributed by atoms with Gasteiger partial charge in [0.2, 0.25) is 0 Å². The fourth-order valence-electron chi connectivity index (χ4n) is 3.91. The van der Waals surface area contributed by atoms with Gasteiger partial charge in [-0.2, -0.15) is 18.3 Å². The van der Waals surface area contributed by atoms with E-state index in [9.17, 15) is 18.0 Å². The highest BCUT2D eigenvalue weighted by atomic mass is 19.4. The molecule has 1 aromatic heterocycles. The molecule has 3 heterocycles. The lowest BCUT2D eigenvalue weighted by Crippen LogP contribution is -2.61. The molecule has 0 bridgehead atoms. The Hall–Kier alpha value is -1.61. The molecule has 1 atom stereocenters. The van der Waals surface area contributed by atoms with Crippen LogP contribution in [0.3, 0.4) is 0 Å². The van der Waals surface area contributed by atoms with Gasteiger partial charge < -0.3 is 14.4 Å². The Morgan fingerprint density at radius 2 is 1.89 bits per heavy atom. The van der Waals surface area contributed by atoms with E-state index in [1.807, 2.05) is 13.8 Å². The zero-order valence-electron chi connectivity index (χ0n) is 16.3. The van der Waals surface area contributed by atoms with Gasteiger partial charge in [0.25, 0.3) is 5.91 Å². The van der Waals surface area contributed by atoms with Crippen molar-refractivity contribution in [2.45, 2.75) is 64.0 Å². The minimum Gasteiger partial charge on any atom is -0.378 e. The number of carbonyl (C=O) groups is 1. The summed E-state index contributed by atoms with van der Waals surface area (Å²) in [7, 11) is 0. The standard InChI is InChI=1S/C18H26F3N3O3/c1-15(2,3)24-13(18(19,20)21)12(8-22-24)14(25)23-9-16(4,5)27-17(10-23)6-7-26-11-17/h8H,6-7,9-11H2,1-5H3. The molecule has 0 N–H and O–H groups in total. The molecule has 0 radical (unpaired) electrons. The summed E-state index contributed by atoms with van der Waals surface area (Å²) >= 11 is 0. The Kier molecular flexibility index (Phi) is 4.62. The van der Waals surface area contributed by atoms with E-state index in [4.69, 9.17) is 9.47 Å². The summed E-state index contributed by atoms with van der Waals surface area (Å²) in [6.45, 7) is 9.75. The van der Waals surface area contributed by atoms with E-state index >= 15 is 0 Å². The maximum Gasteiger partial charge on any atom is 0.433 e. The molecular formula is C18H26F3N3O3. The first-order valence-corrected chi connectivity index (χ1v) is 8.97. The largest absolute Gasteiger partial charge is 0.433 e. The SMILES string of the molecule is CC1(C)CN(C(=O)c2cnn(C(C)(C)C)c2C(F)(F)F)CC2(CCOC2)O1. The second kappa shape index (κ2) is 6.20. The van der Waals surface area contributed by atoms with Gasteiger partial charge in [-0.1, -0.05) is 0 Å². The van der Waals surface area contributed by atoms with Gasteiger partial charge in [-0.25, -0.2) is 0 Å². The van der Waals surface area contributed by atoms with Crippen molar-refractivity contribution in [2.75, 3.05) is 26.3 Å². The van der Waals surface area contributed by atoms with Crippen LogP contribution in [0.15, 0.2) is 6.20 Å². The Morgan fingerprint density at radius 1 is 1.22 bits per heavy atom. The van der Waals surface area contributed by atoms with Crippen molar-refractivity contribution in [2.24, 2.45) is 0 Å². The number of hydrogen-bond donors (Lipinski definition) is 0. The molecule has 1 spiro atoms. The fraction of sp³-hybridized carbons (Fsp3) is 0.778. The van der Waals surface area contributed by atoms with Crippen LogP contribution >= 0.6 is 0 Å². The smallest absolute Gasteiger partial charge is 0.378 e. The summed E-state index contributed by atoms with van der Waals surface area (Å²) in [6.07, 6.45) is -3.06. The maximum absolute atomic E-state index is 13.8. The van der Waals surface area contributed by atoms with Gasteiger partial charge in [0, 0.05) is 19.6 Å². The minimum atomic E-state index is -4.69. The van der Waals surface area contributed by atoms with Crippen molar-refractivity contribution in [3.63, 3.8) is 0 Å². The summed E-state index contributed by atoms with van der Waals surface area (Å²) in [5.74, 6) is -0.680. The molecule has 9 heteroatoms. The quantitative estimate of drug-likeness (QED) is 0.741. The molecule has 0 saturated carbocycles. The van der Waals surface area contributed by atoms with E-state index in [-0.39, 0.29) is 13.1 Å². The Bertz CT molecular complexity index is 728. The van der Waals surface area contributed by atoms with E-state index in [0.29, 0.717) is 19.6 Å². The summed E-state index contributed by atoms with van der Waals surface area (Å²) in [5, 5.41) is 3.89. The van der Waals surface area contributed by atoms with Crippen molar-refractivity contribution in [3.05, 3.63) is 17.5 Å². The van der Waals surface area contributed by atoms with Crippen LogP contribution in [0.25, 0.3) is 0 Å². The predicted octanol–water partition coefficient (Wildman–Crippen LogP) is 3.07. The van der Waals surface area contributed by atoms with E-state index in [2.05, 4.69) is 5.10 Å². The van der Waals surface area contributed by atoms with E-state index in [1.165, 1.54) is 4.90 Å². The summed E-state index contributed by atoms with van der Waals surface area (Å²) in [6, 6.07) is 0. The topological polar surface area (TPSA) is 56.6 Å². The van der Waals surface area contributed by atoms with Crippen molar-refractivity contribution >= 4 is 5.91 Å². The average molecular weight is 389 g/mol. The second-order valence-corrected chi connectivity index (χ2v) is 9.00. The number of aromatic nitrogens is 2. The van der Waals surface area contributed by atoms with Gasteiger partial charge in [0.05, 0.1) is 36.1 Å². The van der Waals surface area contributed by atoms with Gasteiger partial charge in [-0.05, 0) is 34.6 Å². The normalized spacial score (nSPS) is 26.0. The monoisotopic (exact) mass is 389 g/mol. The molecule has 2 aliphatic heterocycles. The maximum atomic E-state index is 13.8. The van der Waals surface area contributed by atoms with E-state index in [0.717, 1.165) is 10.9 Å². The molecule has 1 amide bonds. The summed E-state index contributed by atoms with van der Waals surface area (Å²) in [4.78, 5) is 14.6. The molecule has 0 aliphatic carbocycles. The number of amides is 1. The highest BCUT2D eigenvalue weighted by Gasteiger charge is 2.50. The van der Waals surface area contributed by atoms with Crippen LogP contribution in [0, 0.1) is 0 Å². The minimum absolute atomic E-state index is 0.200. The molecule has 152 valence electrons. The number of ether oxygens (including phenoxy) is 2. The molecule has 2 fully saturated rings. The Labute approximate surface area is 156 Å². The number of hydrogen-bond acceptors (Lipinski definition) is 4. The third-order valence-electron chi connectivity index (χ3n) is 4.80. The molecule has 27 heavy (non-hydrogen) atoms. The number of nitrogens with zero attached hydrogens (tertiary/aromatic N) is 3. The predicted molar refractivity (Wildman–Crippen MR) is 91.5 cm³/mol. The molecule has 6 nitrogen and oxygen atoms in total. The molecule has 2 aliphatic rings. The number of rotatable bonds is 1. The number of carbonyl (C=O) groups excluding carboxylic acids is 1. The number of halogens is 3.